The molecule has 0 bridgehead atoms. The second-order valence-electron chi connectivity index (χ2n) is 4.59. The number of hydrogen-bond donors (Lipinski definition) is 3. The number of hydrogen-bond acceptors (Lipinski definition) is 3. The van der Waals surface area contributed by atoms with E-state index in [4.69, 9.17) is 10.8 Å². The monoisotopic (exact) mass is 292 g/mol. The molecule has 6 heteroatoms. The van der Waals surface area contributed by atoms with Crippen LogP contribution in [0.25, 0.3) is 0 Å². The van der Waals surface area contributed by atoms with Gasteiger partial charge in [-0.1, -0.05) is 12.1 Å². The molecule has 2 aromatic carbocycles. The summed E-state index contributed by atoms with van der Waals surface area (Å²) in [5.74, 6) is -2.04. The number of carbonyl (C=O) groups excluding carboxylic acids is 1. The highest BCUT2D eigenvalue weighted by Crippen LogP contribution is 2.16. The van der Waals surface area contributed by atoms with Gasteiger partial charge in [-0.05, 0) is 36.2 Å². The van der Waals surface area contributed by atoms with Crippen LogP contribution in [-0.2, 0) is 11.2 Å². The number of aromatic hydroxyl groups is 1. The smallest absolute Gasteiger partial charge is 0.241 e. The van der Waals surface area contributed by atoms with E-state index in [0.717, 1.165) is 17.7 Å². The first-order valence-corrected chi connectivity index (χ1v) is 6.25. The summed E-state index contributed by atoms with van der Waals surface area (Å²) in [5.41, 5.74) is 6.38. The number of phenolic OH excluding ortho intramolecular Hbond substituents is 1. The van der Waals surface area contributed by atoms with Crippen LogP contribution in [0.15, 0.2) is 42.5 Å². The Morgan fingerprint density at radius 1 is 1.19 bits per heavy atom. The number of anilines is 1. The van der Waals surface area contributed by atoms with Gasteiger partial charge in [-0.2, -0.15) is 0 Å². The molecular weight excluding hydrogens is 278 g/mol. The number of halogens is 2. The van der Waals surface area contributed by atoms with Crippen LogP contribution in [0.2, 0.25) is 0 Å². The molecule has 0 saturated heterocycles. The van der Waals surface area contributed by atoms with Crippen molar-refractivity contribution in [3.05, 3.63) is 59.7 Å². The van der Waals surface area contributed by atoms with Crippen molar-refractivity contribution < 1.29 is 18.7 Å². The van der Waals surface area contributed by atoms with E-state index in [9.17, 15) is 13.6 Å². The Morgan fingerprint density at radius 2 is 1.86 bits per heavy atom. The minimum absolute atomic E-state index is 0.116. The molecule has 0 saturated carbocycles. The minimum Gasteiger partial charge on any atom is -0.508 e. The molecule has 2 aromatic rings. The molecule has 0 aliphatic carbocycles. The molecule has 0 spiro atoms. The van der Waals surface area contributed by atoms with Gasteiger partial charge in [0.05, 0.1) is 11.7 Å². The largest absolute Gasteiger partial charge is 0.508 e. The third-order valence-corrected chi connectivity index (χ3v) is 2.92. The number of nitrogens with two attached hydrogens (primary N) is 1. The molecule has 0 unspecified atom stereocenters. The molecule has 0 radical (unpaired) electrons. The van der Waals surface area contributed by atoms with Gasteiger partial charge in [0.2, 0.25) is 5.91 Å². The predicted octanol–water partition coefficient (Wildman–Crippen LogP) is 2.18. The van der Waals surface area contributed by atoms with E-state index in [1.807, 2.05) is 0 Å². The van der Waals surface area contributed by atoms with Crippen LogP contribution in [0, 0.1) is 11.6 Å². The fraction of sp³-hybridized carbons (Fsp3) is 0.133. The number of benzene rings is 2. The Balaban J connectivity index is 2.00. The molecule has 21 heavy (non-hydrogen) atoms. The maximum absolute atomic E-state index is 13.4. The van der Waals surface area contributed by atoms with Gasteiger partial charge in [-0.15, -0.1) is 0 Å². The van der Waals surface area contributed by atoms with Gasteiger partial charge in [0.15, 0.2) is 0 Å². The lowest BCUT2D eigenvalue weighted by atomic mass is 10.1. The molecule has 110 valence electrons. The van der Waals surface area contributed by atoms with Crippen molar-refractivity contribution in [3.8, 4) is 5.75 Å². The lowest BCUT2D eigenvalue weighted by Crippen LogP contribution is -2.37. The van der Waals surface area contributed by atoms with Crippen molar-refractivity contribution in [2.24, 2.45) is 5.73 Å². The van der Waals surface area contributed by atoms with Crippen molar-refractivity contribution in [2.45, 2.75) is 12.5 Å². The summed E-state index contributed by atoms with van der Waals surface area (Å²) in [6.45, 7) is 0. The van der Waals surface area contributed by atoms with E-state index in [-0.39, 0.29) is 17.9 Å². The van der Waals surface area contributed by atoms with Crippen LogP contribution in [0.5, 0.6) is 5.75 Å². The van der Waals surface area contributed by atoms with Crippen LogP contribution < -0.4 is 11.1 Å². The summed E-state index contributed by atoms with van der Waals surface area (Å²) >= 11 is 0. The van der Waals surface area contributed by atoms with Crippen molar-refractivity contribution in [1.82, 2.24) is 0 Å². The Kier molecular flexibility index (Phi) is 4.49. The summed E-state index contributed by atoms with van der Waals surface area (Å²) < 4.78 is 26.2. The molecule has 0 aliphatic heterocycles. The van der Waals surface area contributed by atoms with Gasteiger partial charge in [-0.3, -0.25) is 4.79 Å². The Bertz CT molecular complexity index is 645. The molecule has 2 rings (SSSR count). The fourth-order valence-corrected chi connectivity index (χ4v) is 1.79. The molecule has 0 fully saturated rings. The fourth-order valence-electron chi connectivity index (χ4n) is 1.79. The van der Waals surface area contributed by atoms with Gasteiger partial charge in [0.1, 0.15) is 17.4 Å². The second kappa shape index (κ2) is 6.32. The van der Waals surface area contributed by atoms with Crippen molar-refractivity contribution in [3.63, 3.8) is 0 Å². The number of carbonyl (C=O) groups is 1. The molecule has 4 nitrogen and oxygen atoms in total. The van der Waals surface area contributed by atoms with Crippen molar-refractivity contribution in [1.29, 1.82) is 0 Å². The van der Waals surface area contributed by atoms with Crippen molar-refractivity contribution >= 4 is 11.6 Å². The SMILES string of the molecule is N[C@@H](Cc1ccc(O)cc1)C(=O)Nc1ccc(F)cc1F. The first kappa shape index (κ1) is 14.9. The average molecular weight is 292 g/mol. The van der Waals surface area contributed by atoms with Gasteiger partial charge >= 0.3 is 0 Å². The summed E-state index contributed by atoms with van der Waals surface area (Å²) in [5, 5.41) is 11.5. The zero-order chi connectivity index (χ0) is 15.4. The Labute approximate surface area is 120 Å². The van der Waals surface area contributed by atoms with Crippen LogP contribution in [-0.4, -0.2) is 17.1 Å². The van der Waals surface area contributed by atoms with E-state index >= 15 is 0 Å². The number of amides is 1. The summed E-state index contributed by atoms with van der Waals surface area (Å²) in [6.07, 6.45) is 0.231. The van der Waals surface area contributed by atoms with Gasteiger partial charge in [-0.25, -0.2) is 8.78 Å². The van der Waals surface area contributed by atoms with E-state index in [1.165, 1.54) is 12.1 Å². The van der Waals surface area contributed by atoms with Gasteiger partial charge in [0.25, 0.3) is 0 Å². The van der Waals surface area contributed by atoms with Crippen LogP contribution in [0.4, 0.5) is 14.5 Å². The Morgan fingerprint density at radius 3 is 2.48 bits per heavy atom. The van der Waals surface area contributed by atoms with Crippen LogP contribution >= 0.6 is 0 Å². The van der Waals surface area contributed by atoms with Crippen LogP contribution in [0.1, 0.15) is 5.56 Å². The predicted molar refractivity (Wildman–Crippen MR) is 74.8 cm³/mol. The molecule has 0 aromatic heterocycles. The molecular formula is C15H14F2N2O2. The molecule has 1 amide bonds. The maximum atomic E-state index is 13.4. The molecule has 0 heterocycles. The highest BCUT2D eigenvalue weighted by atomic mass is 19.1. The van der Waals surface area contributed by atoms with Gasteiger partial charge in [0, 0.05) is 6.07 Å². The van der Waals surface area contributed by atoms with E-state index in [2.05, 4.69) is 5.32 Å². The number of phenols is 1. The molecule has 4 N–H and O–H groups in total. The minimum atomic E-state index is -0.890. The first-order valence-electron chi connectivity index (χ1n) is 6.25. The lowest BCUT2D eigenvalue weighted by Gasteiger charge is -2.13. The quantitative estimate of drug-likeness (QED) is 0.808. The average Bonchev–Trinajstić information content (AvgIpc) is 2.44. The van der Waals surface area contributed by atoms with Crippen LogP contribution in [0.3, 0.4) is 0 Å². The van der Waals surface area contributed by atoms with E-state index < -0.39 is 23.6 Å². The number of rotatable bonds is 4. The summed E-state index contributed by atoms with van der Waals surface area (Å²) in [6, 6.07) is 8.22. The third-order valence-electron chi connectivity index (χ3n) is 2.92. The Hall–Kier alpha value is -2.47. The first-order chi connectivity index (χ1) is 9.95. The number of nitrogens with one attached hydrogen (secondary N) is 1. The molecule has 0 aliphatic rings. The maximum Gasteiger partial charge on any atom is 0.241 e. The van der Waals surface area contributed by atoms with E-state index in [1.54, 1.807) is 12.1 Å². The molecule has 1 atom stereocenters. The normalized spacial score (nSPS) is 12.0. The van der Waals surface area contributed by atoms with E-state index in [0.29, 0.717) is 6.07 Å². The zero-order valence-electron chi connectivity index (χ0n) is 11.0. The summed E-state index contributed by atoms with van der Waals surface area (Å²) in [4.78, 5) is 11.9. The highest BCUT2D eigenvalue weighted by Gasteiger charge is 2.16. The van der Waals surface area contributed by atoms with Crippen molar-refractivity contribution in [2.75, 3.05) is 5.32 Å². The van der Waals surface area contributed by atoms with Gasteiger partial charge < -0.3 is 16.2 Å². The summed E-state index contributed by atoms with van der Waals surface area (Å²) in [7, 11) is 0. The highest BCUT2D eigenvalue weighted by molar-refractivity contribution is 5.94. The topological polar surface area (TPSA) is 75.3 Å². The standard InChI is InChI=1S/C15H14F2N2O2/c16-10-3-6-14(12(17)8-10)19-15(21)13(18)7-9-1-4-11(20)5-2-9/h1-6,8,13,20H,7,18H2,(H,19,21)/t13-/m0/s1. The zero-order valence-corrected chi connectivity index (χ0v) is 11.0. The second-order valence-corrected chi connectivity index (χ2v) is 4.59. The lowest BCUT2D eigenvalue weighted by molar-refractivity contribution is -0.117. The third kappa shape index (κ3) is 4.00.